The Kier molecular flexibility index (Phi) is 5.93. The average Bonchev–Trinajstić information content (AvgIpc) is 2.54. The van der Waals surface area contributed by atoms with E-state index >= 15 is 0 Å². The Balaban J connectivity index is 2.27. The van der Waals surface area contributed by atoms with Gasteiger partial charge in [0, 0.05) is 11.6 Å². The third-order valence-corrected chi connectivity index (χ3v) is 3.97. The number of carbonyl (C=O) groups is 1. The van der Waals surface area contributed by atoms with Crippen LogP contribution in [-0.2, 0) is 6.61 Å². The van der Waals surface area contributed by atoms with E-state index in [4.69, 9.17) is 9.52 Å². The van der Waals surface area contributed by atoms with Crippen molar-refractivity contribution in [1.29, 1.82) is 0 Å². The van der Waals surface area contributed by atoms with Gasteiger partial charge in [-0.05, 0) is 42.7 Å². The second-order valence-corrected chi connectivity index (χ2v) is 6.00. The molecule has 5 nitrogen and oxygen atoms in total. The number of carbonyl (C=O) groups excluding carboxylic acids is 1. The van der Waals surface area contributed by atoms with E-state index in [-0.39, 0.29) is 18.1 Å². The number of aryl methyl sites for hydroxylation is 1. The molecule has 0 radical (unpaired) electrons. The van der Waals surface area contributed by atoms with Gasteiger partial charge < -0.3 is 14.8 Å². The van der Waals surface area contributed by atoms with Crippen molar-refractivity contribution in [1.82, 2.24) is 0 Å². The van der Waals surface area contributed by atoms with Crippen LogP contribution in [0.4, 0.5) is 5.69 Å². The summed E-state index contributed by atoms with van der Waals surface area (Å²) >= 11 is 0. The summed E-state index contributed by atoms with van der Waals surface area (Å²) in [6, 6.07) is 8.60. The zero-order valence-corrected chi connectivity index (χ0v) is 14.3. The summed E-state index contributed by atoms with van der Waals surface area (Å²) in [5, 5.41) is 11.8. The van der Waals surface area contributed by atoms with E-state index in [2.05, 4.69) is 12.2 Å². The van der Waals surface area contributed by atoms with E-state index in [0.29, 0.717) is 22.6 Å². The highest BCUT2D eigenvalue weighted by molar-refractivity contribution is 6.04. The van der Waals surface area contributed by atoms with Crippen LogP contribution in [0, 0.1) is 6.92 Å². The lowest BCUT2D eigenvalue weighted by Crippen LogP contribution is -2.23. The minimum Gasteiger partial charge on any atom is -0.427 e. The lowest BCUT2D eigenvalue weighted by Gasteiger charge is -2.12. The van der Waals surface area contributed by atoms with Crippen LogP contribution in [0.15, 0.2) is 39.5 Å². The van der Waals surface area contributed by atoms with Gasteiger partial charge in [-0.2, -0.15) is 0 Å². The minimum atomic E-state index is -0.622. The molecule has 1 unspecified atom stereocenters. The molecule has 0 aliphatic carbocycles. The fraction of sp³-hybridized carbons (Fsp3) is 0.368. The first-order valence-electron chi connectivity index (χ1n) is 8.12. The van der Waals surface area contributed by atoms with Gasteiger partial charge in [-0.25, -0.2) is 4.79 Å². The quantitative estimate of drug-likeness (QED) is 0.848. The summed E-state index contributed by atoms with van der Waals surface area (Å²) in [6.07, 6.45) is 1.91. The van der Waals surface area contributed by atoms with Crippen LogP contribution in [0.5, 0.6) is 0 Å². The normalized spacial score (nSPS) is 12.0. The zero-order chi connectivity index (χ0) is 17.7. The zero-order valence-electron chi connectivity index (χ0n) is 14.3. The summed E-state index contributed by atoms with van der Waals surface area (Å²) in [4.78, 5) is 24.7. The molecule has 0 aliphatic heterocycles. The SMILES string of the molecule is CCCC(C)c1cc(C)c(C(=O)Nc2cccc(CO)c2)c(=O)o1. The van der Waals surface area contributed by atoms with Gasteiger partial charge in [-0.15, -0.1) is 0 Å². The first-order chi connectivity index (χ1) is 11.5. The van der Waals surface area contributed by atoms with Crippen molar-refractivity contribution in [3.8, 4) is 0 Å². The Labute approximate surface area is 141 Å². The van der Waals surface area contributed by atoms with Gasteiger partial charge in [-0.3, -0.25) is 4.79 Å². The van der Waals surface area contributed by atoms with Crippen molar-refractivity contribution in [3.05, 3.63) is 63.2 Å². The van der Waals surface area contributed by atoms with Crippen LogP contribution in [-0.4, -0.2) is 11.0 Å². The molecule has 1 aromatic heterocycles. The number of aliphatic hydroxyl groups is 1. The van der Waals surface area contributed by atoms with Crippen molar-refractivity contribution in [2.45, 2.75) is 46.1 Å². The van der Waals surface area contributed by atoms with Gasteiger partial charge in [0.2, 0.25) is 0 Å². The molecule has 1 heterocycles. The summed E-state index contributed by atoms with van der Waals surface area (Å²) in [5.74, 6) is 0.240. The van der Waals surface area contributed by atoms with Crippen molar-refractivity contribution >= 4 is 11.6 Å². The molecule has 0 saturated carbocycles. The van der Waals surface area contributed by atoms with Gasteiger partial charge >= 0.3 is 5.63 Å². The van der Waals surface area contributed by atoms with Gasteiger partial charge in [0.25, 0.3) is 5.91 Å². The maximum Gasteiger partial charge on any atom is 0.349 e. The van der Waals surface area contributed by atoms with Gasteiger partial charge in [-0.1, -0.05) is 32.4 Å². The Morgan fingerprint density at radius 1 is 1.33 bits per heavy atom. The summed E-state index contributed by atoms with van der Waals surface area (Å²) in [6.45, 7) is 5.69. The topological polar surface area (TPSA) is 79.5 Å². The number of aliphatic hydroxyl groups excluding tert-OH is 1. The molecule has 0 spiro atoms. The molecule has 2 rings (SSSR count). The van der Waals surface area contributed by atoms with E-state index in [1.54, 1.807) is 37.3 Å². The molecule has 0 saturated heterocycles. The molecule has 0 bridgehead atoms. The van der Waals surface area contributed by atoms with Gasteiger partial charge in [0.1, 0.15) is 11.3 Å². The van der Waals surface area contributed by atoms with E-state index in [1.807, 2.05) is 6.92 Å². The van der Waals surface area contributed by atoms with E-state index < -0.39 is 11.5 Å². The van der Waals surface area contributed by atoms with E-state index in [1.165, 1.54) is 0 Å². The highest BCUT2D eigenvalue weighted by atomic mass is 16.4. The predicted molar refractivity (Wildman–Crippen MR) is 93.4 cm³/mol. The number of hydrogen-bond acceptors (Lipinski definition) is 4. The molecule has 1 amide bonds. The average molecular weight is 329 g/mol. The molecule has 2 aromatic rings. The lowest BCUT2D eigenvalue weighted by molar-refractivity contribution is 0.102. The van der Waals surface area contributed by atoms with Crippen LogP contribution in [0.3, 0.4) is 0 Å². The molecule has 128 valence electrons. The van der Waals surface area contributed by atoms with Crippen molar-refractivity contribution in [2.75, 3.05) is 5.32 Å². The number of rotatable bonds is 6. The predicted octanol–water partition coefficient (Wildman–Crippen LogP) is 3.60. The van der Waals surface area contributed by atoms with Gasteiger partial charge in [0.15, 0.2) is 0 Å². The Hall–Kier alpha value is -2.40. The standard InChI is InChI=1S/C19H23NO4/c1-4-6-12(2)16-9-13(3)17(19(23)24-16)18(22)20-15-8-5-7-14(10-15)11-21/h5,7-10,12,21H,4,6,11H2,1-3H3,(H,20,22). The Bertz CT molecular complexity index is 779. The maximum absolute atomic E-state index is 12.4. The highest BCUT2D eigenvalue weighted by Gasteiger charge is 2.19. The fourth-order valence-electron chi connectivity index (χ4n) is 2.67. The first kappa shape index (κ1) is 17.9. The number of anilines is 1. The third-order valence-electron chi connectivity index (χ3n) is 3.97. The number of hydrogen-bond donors (Lipinski definition) is 2. The van der Waals surface area contributed by atoms with E-state index in [0.717, 1.165) is 12.8 Å². The summed E-state index contributed by atoms with van der Waals surface area (Å²) in [5.41, 5.74) is 1.19. The molecule has 0 fully saturated rings. The summed E-state index contributed by atoms with van der Waals surface area (Å²) < 4.78 is 5.35. The third kappa shape index (κ3) is 4.11. The molecule has 1 aromatic carbocycles. The van der Waals surface area contributed by atoms with Crippen LogP contribution in [0.2, 0.25) is 0 Å². The van der Waals surface area contributed by atoms with Crippen LogP contribution in [0.25, 0.3) is 0 Å². The second-order valence-electron chi connectivity index (χ2n) is 6.00. The smallest absolute Gasteiger partial charge is 0.349 e. The largest absolute Gasteiger partial charge is 0.427 e. The molecule has 2 N–H and O–H groups in total. The highest BCUT2D eigenvalue weighted by Crippen LogP contribution is 2.21. The molecular weight excluding hydrogens is 306 g/mol. The molecule has 1 atom stereocenters. The minimum absolute atomic E-state index is 0.0110. The number of benzene rings is 1. The maximum atomic E-state index is 12.4. The van der Waals surface area contributed by atoms with Crippen LogP contribution in [0.1, 0.15) is 59.9 Å². The number of nitrogens with one attached hydrogen (secondary N) is 1. The number of amides is 1. The lowest BCUT2D eigenvalue weighted by atomic mass is 10.0. The molecule has 5 heteroatoms. The molecule has 0 aliphatic rings. The Morgan fingerprint density at radius 3 is 2.71 bits per heavy atom. The van der Waals surface area contributed by atoms with Crippen LogP contribution < -0.4 is 10.9 Å². The van der Waals surface area contributed by atoms with Crippen LogP contribution >= 0.6 is 0 Å². The Morgan fingerprint density at radius 2 is 2.08 bits per heavy atom. The van der Waals surface area contributed by atoms with Crippen molar-refractivity contribution < 1.29 is 14.3 Å². The monoisotopic (exact) mass is 329 g/mol. The summed E-state index contributed by atoms with van der Waals surface area (Å²) in [7, 11) is 0. The first-order valence-corrected chi connectivity index (χ1v) is 8.12. The van der Waals surface area contributed by atoms with Gasteiger partial charge in [0.05, 0.1) is 6.61 Å². The second kappa shape index (κ2) is 7.93. The van der Waals surface area contributed by atoms with Crippen molar-refractivity contribution in [3.63, 3.8) is 0 Å². The van der Waals surface area contributed by atoms with Crippen molar-refractivity contribution in [2.24, 2.45) is 0 Å². The molecular formula is C19H23NO4. The molecule has 24 heavy (non-hydrogen) atoms. The fourth-order valence-corrected chi connectivity index (χ4v) is 2.67. The van der Waals surface area contributed by atoms with E-state index in [9.17, 15) is 9.59 Å².